The highest BCUT2D eigenvalue weighted by Gasteiger charge is 2.16. The van der Waals surface area contributed by atoms with Crippen molar-refractivity contribution in [3.8, 4) is 0 Å². The molecule has 1 amide bonds. The number of nitrogens with zero attached hydrogens (tertiary/aromatic N) is 3. The predicted octanol–water partition coefficient (Wildman–Crippen LogP) is 1.07. The summed E-state index contributed by atoms with van der Waals surface area (Å²) >= 11 is 0. The highest BCUT2D eigenvalue weighted by Crippen LogP contribution is 2.25. The first-order valence-corrected chi connectivity index (χ1v) is 6.82. The van der Waals surface area contributed by atoms with Crippen LogP contribution in [-0.4, -0.2) is 34.0 Å². The normalized spacial score (nSPS) is 13.4. The molecule has 1 aromatic heterocycles. The van der Waals surface area contributed by atoms with Crippen molar-refractivity contribution in [1.29, 1.82) is 0 Å². The second-order valence-electron chi connectivity index (χ2n) is 4.78. The molecule has 6 heteroatoms. The van der Waals surface area contributed by atoms with Crippen molar-refractivity contribution in [3.63, 3.8) is 0 Å². The highest BCUT2D eigenvalue weighted by molar-refractivity contribution is 5.97. The van der Waals surface area contributed by atoms with Gasteiger partial charge in [-0.25, -0.2) is 0 Å². The molecule has 1 aromatic carbocycles. The Morgan fingerprint density at radius 1 is 1.45 bits per heavy atom. The molecule has 2 heterocycles. The number of benzene rings is 1. The van der Waals surface area contributed by atoms with Crippen molar-refractivity contribution in [2.45, 2.75) is 19.4 Å². The van der Waals surface area contributed by atoms with Crippen LogP contribution in [0.1, 0.15) is 22.3 Å². The molecule has 20 heavy (non-hydrogen) atoms. The topological polar surface area (TPSA) is 71.8 Å². The van der Waals surface area contributed by atoms with Gasteiger partial charge in [0.15, 0.2) is 0 Å². The Balaban J connectivity index is 1.65. The fraction of sp³-hybridized carbons (Fsp3) is 0.357. The monoisotopic (exact) mass is 271 g/mol. The molecule has 2 N–H and O–H groups in total. The van der Waals surface area contributed by atoms with E-state index in [1.165, 1.54) is 0 Å². The molecule has 2 aromatic rings. The molecule has 0 fully saturated rings. The average Bonchev–Trinajstić information content (AvgIpc) is 3.00. The Kier molecular flexibility index (Phi) is 3.62. The predicted molar refractivity (Wildman–Crippen MR) is 75.6 cm³/mol. The van der Waals surface area contributed by atoms with E-state index in [4.69, 9.17) is 0 Å². The van der Waals surface area contributed by atoms with Crippen molar-refractivity contribution >= 4 is 11.6 Å². The molecule has 104 valence electrons. The van der Waals surface area contributed by atoms with E-state index < -0.39 is 0 Å². The van der Waals surface area contributed by atoms with E-state index >= 15 is 0 Å². The Hall–Kier alpha value is -2.37. The first kappa shape index (κ1) is 12.7. The van der Waals surface area contributed by atoms with Crippen LogP contribution in [0.5, 0.6) is 0 Å². The lowest BCUT2D eigenvalue weighted by molar-refractivity contribution is 0.0951. The average molecular weight is 271 g/mol. The molecule has 0 bridgehead atoms. The third kappa shape index (κ3) is 2.64. The van der Waals surface area contributed by atoms with Gasteiger partial charge in [0, 0.05) is 30.5 Å². The lowest BCUT2D eigenvalue weighted by Crippen LogP contribution is -2.29. The number of hydrogen-bond donors (Lipinski definition) is 2. The van der Waals surface area contributed by atoms with Crippen molar-refractivity contribution in [2.75, 3.05) is 18.4 Å². The maximum absolute atomic E-state index is 12.3. The summed E-state index contributed by atoms with van der Waals surface area (Å²) in [5.74, 6) is -0.0225. The van der Waals surface area contributed by atoms with Gasteiger partial charge in [0.2, 0.25) is 0 Å². The van der Waals surface area contributed by atoms with Crippen molar-refractivity contribution < 1.29 is 4.79 Å². The number of fused-ring (bicyclic) bond motifs is 1. The zero-order chi connectivity index (χ0) is 13.8. The molecule has 1 aliphatic heterocycles. The smallest absolute Gasteiger partial charge is 0.251 e. The van der Waals surface area contributed by atoms with Crippen LogP contribution in [0.15, 0.2) is 30.6 Å². The molecule has 1 aliphatic rings. The van der Waals surface area contributed by atoms with E-state index in [2.05, 4.69) is 20.9 Å². The summed E-state index contributed by atoms with van der Waals surface area (Å²) in [6.45, 7) is 2.14. The lowest BCUT2D eigenvalue weighted by Gasteiger charge is -2.20. The Bertz CT molecular complexity index is 594. The first-order valence-electron chi connectivity index (χ1n) is 6.82. The lowest BCUT2D eigenvalue weighted by atomic mass is 9.97. The second kappa shape index (κ2) is 5.73. The Labute approximate surface area is 117 Å². The molecule has 0 atom stereocenters. The van der Waals surface area contributed by atoms with E-state index in [1.807, 2.05) is 18.2 Å². The molecular weight excluding hydrogens is 254 g/mol. The second-order valence-corrected chi connectivity index (χ2v) is 4.78. The molecule has 0 saturated carbocycles. The van der Waals surface area contributed by atoms with Crippen LogP contribution in [0.25, 0.3) is 0 Å². The van der Waals surface area contributed by atoms with E-state index in [-0.39, 0.29) is 5.91 Å². The number of carbonyl (C=O) groups is 1. The molecule has 0 aliphatic carbocycles. The summed E-state index contributed by atoms with van der Waals surface area (Å²) < 4.78 is 1.70. The third-order valence-corrected chi connectivity index (χ3v) is 3.44. The first-order chi connectivity index (χ1) is 9.84. The van der Waals surface area contributed by atoms with E-state index in [0.717, 1.165) is 36.2 Å². The van der Waals surface area contributed by atoms with Gasteiger partial charge in [-0.2, -0.15) is 0 Å². The molecular formula is C14H17N5O. The third-order valence-electron chi connectivity index (χ3n) is 3.44. The molecule has 0 radical (unpaired) electrons. The number of carbonyl (C=O) groups excluding carboxylic acids is 1. The Morgan fingerprint density at radius 2 is 2.40 bits per heavy atom. The molecule has 0 unspecified atom stereocenters. The van der Waals surface area contributed by atoms with Crippen molar-refractivity contribution in [3.05, 3.63) is 41.7 Å². The van der Waals surface area contributed by atoms with E-state index in [0.29, 0.717) is 13.1 Å². The van der Waals surface area contributed by atoms with Gasteiger partial charge in [0.05, 0.1) is 12.7 Å². The zero-order valence-corrected chi connectivity index (χ0v) is 11.2. The number of amides is 1. The fourth-order valence-electron chi connectivity index (χ4n) is 2.45. The highest BCUT2D eigenvalue weighted by atomic mass is 16.1. The summed E-state index contributed by atoms with van der Waals surface area (Å²) in [5, 5.41) is 13.9. The van der Waals surface area contributed by atoms with Gasteiger partial charge in [0.25, 0.3) is 5.91 Å². The van der Waals surface area contributed by atoms with Gasteiger partial charge >= 0.3 is 0 Å². The van der Waals surface area contributed by atoms with E-state index in [9.17, 15) is 4.79 Å². The van der Waals surface area contributed by atoms with Crippen LogP contribution < -0.4 is 10.6 Å². The van der Waals surface area contributed by atoms with Crippen LogP contribution in [0.2, 0.25) is 0 Å². The minimum absolute atomic E-state index is 0.0225. The summed E-state index contributed by atoms with van der Waals surface area (Å²) in [6, 6.07) is 5.83. The van der Waals surface area contributed by atoms with Crippen LogP contribution in [0, 0.1) is 0 Å². The number of aromatic nitrogens is 3. The van der Waals surface area contributed by atoms with Gasteiger partial charge in [-0.3, -0.25) is 9.48 Å². The van der Waals surface area contributed by atoms with Gasteiger partial charge in [-0.15, -0.1) is 5.10 Å². The molecule has 0 spiro atoms. The maximum Gasteiger partial charge on any atom is 0.251 e. The largest absolute Gasteiger partial charge is 0.385 e. The standard InChI is InChI=1S/C14H17N5O/c20-14(16-7-9-19-10-8-17-18-19)12-3-1-5-13-11(12)4-2-6-15-13/h1,3,5,8,10,15H,2,4,6-7,9H2,(H,16,20). The zero-order valence-electron chi connectivity index (χ0n) is 11.2. The maximum atomic E-state index is 12.3. The molecule has 3 rings (SSSR count). The molecule has 6 nitrogen and oxygen atoms in total. The van der Waals surface area contributed by atoms with Gasteiger partial charge in [0.1, 0.15) is 0 Å². The van der Waals surface area contributed by atoms with Crippen molar-refractivity contribution in [2.24, 2.45) is 0 Å². The van der Waals surface area contributed by atoms with Crippen LogP contribution in [0.4, 0.5) is 5.69 Å². The fourth-order valence-corrected chi connectivity index (χ4v) is 2.45. The molecule has 0 saturated heterocycles. The van der Waals surface area contributed by atoms with Crippen molar-refractivity contribution in [1.82, 2.24) is 20.3 Å². The Morgan fingerprint density at radius 3 is 3.25 bits per heavy atom. The van der Waals surface area contributed by atoms with Gasteiger partial charge in [-0.1, -0.05) is 11.3 Å². The van der Waals surface area contributed by atoms with Crippen LogP contribution in [0.3, 0.4) is 0 Å². The quantitative estimate of drug-likeness (QED) is 0.872. The SMILES string of the molecule is O=C(NCCn1ccnn1)c1cccc2c1CCCN2. The number of nitrogens with one attached hydrogen (secondary N) is 2. The summed E-state index contributed by atoms with van der Waals surface area (Å²) in [5.41, 5.74) is 2.98. The number of anilines is 1. The van der Waals surface area contributed by atoms with Gasteiger partial charge in [-0.05, 0) is 30.5 Å². The summed E-state index contributed by atoms with van der Waals surface area (Å²) in [7, 11) is 0. The number of rotatable bonds is 4. The summed E-state index contributed by atoms with van der Waals surface area (Å²) in [4.78, 5) is 12.3. The van der Waals surface area contributed by atoms with Gasteiger partial charge < -0.3 is 10.6 Å². The van der Waals surface area contributed by atoms with Crippen LogP contribution >= 0.6 is 0 Å². The minimum atomic E-state index is -0.0225. The van der Waals surface area contributed by atoms with Crippen LogP contribution in [-0.2, 0) is 13.0 Å². The number of hydrogen-bond acceptors (Lipinski definition) is 4. The minimum Gasteiger partial charge on any atom is -0.385 e. The van der Waals surface area contributed by atoms with E-state index in [1.54, 1.807) is 17.1 Å². The summed E-state index contributed by atoms with van der Waals surface area (Å²) in [6.07, 6.45) is 5.42.